The highest BCUT2D eigenvalue weighted by Crippen LogP contribution is 2.20. The maximum atomic E-state index is 12.4. The fourth-order valence-electron chi connectivity index (χ4n) is 2.90. The first-order chi connectivity index (χ1) is 8.50. The fraction of sp³-hybridized carbons (Fsp3) is 1.00. The fourth-order valence-corrected chi connectivity index (χ4v) is 4.50. The molecule has 0 saturated carbocycles. The first-order valence-corrected chi connectivity index (χ1v) is 8.38. The molecule has 106 valence electrons. The summed E-state index contributed by atoms with van der Waals surface area (Å²) in [6.45, 7) is 6.61. The first kappa shape index (κ1) is 14.2. The Morgan fingerprint density at radius 2 is 2.11 bits per heavy atom. The Balaban J connectivity index is 2.02. The van der Waals surface area contributed by atoms with Crippen molar-refractivity contribution in [1.29, 1.82) is 0 Å². The second-order valence-electron chi connectivity index (χ2n) is 5.69. The molecule has 18 heavy (non-hydrogen) atoms. The lowest BCUT2D eigenvalue weighted by molar-refractivity contribution is 0.186. The van der Waals surface area contributed by atoms with Crippen molar-refractivity contribution in [2.24, 2.45) is 5.92 Å². The standard InChI is InChI=1S/C12H25N3O2S/c1-11-8-13-5-7-15(18(11,16)17)10-12-4-3-6-14(2)9-12/h11-13H,3-10H2,1-2H3. The molecule has 2 aliphatic rings. The smallest absolute Gasteiger partial charge is 0.218 e. The highest BCUT2D eigenvalue weighted by Gasteiger charge is 2.32. The van der Waals surface area contributed by atoms with Gasteiger partial charge in [-0.2, -0.15) is 0 Å². The molecule has 2 saturated heterocycles. The highest BCUT2D eigenvalue weighted by atomic mass is 32.2. The third kappa shape index (κ3) is 3.23. The maximum absolute atomic E-state index is 12.4. The number of likely N-dealkylation sites (tertiary alicyclic amines) is 1. The Labute approximate surface area is 111 Å². The number of sulfonamides is 1. The lowest BCUT2D eigenvalue weighted by atomic mass is 9.98. The highest BCUT2D eigenvalue weighted by molar-refractivity contribution is 7.89. The van der Waals surface area contributed by atoms with E-state index in [-0.39, 0.29) is 5.25 Å². The lowest BCUT2D eigenvalue weighted by Gasteiger charge is -2.33. The summed E-state index contributed by atoms with van der Waals surface area (Å²) in [5, 5.41) is 2.89. The molecule has 2 heterocycles. The van der Waals surface area contributed by atoms with Gasteiger partial charge in [-0.05, 0) is 39.3 Å². The summed E-state index contributed by atoms with van der Waals surface area (Å²) in [6.07, 6.45) is 2.33. The van der Waals surface area contributed by atoms with Gasteiger partial charge in [-0.25, -0.2) is 12.7 Å². The topological polar surface area (TPSA) is 52.6 Å². The molecule has 0 aromatic carbocycles. The van der Waals surface area contributed by atoms with Crippen LogP contribution in [0.15, 0.2) is 0 Å². The number of nitrogens with zero attached hydrogens (tertiary/aromatic N) is 2. The van der Waals surface area contributed by atoms with Gasteiger partial charge < -0.3 is 10.2 Å². The molecule has 0 aliphatic carbocycles. The third-order valence-electron chi connectivity index (χ3n) is 4.02. The van der Waals surface area contributed by atoms with Crippen LogP contribution in [0.2, 0.25) is 0 Å². The van der Waals surface area contributed by atoms with Crippen LogP contribution >= 0.6 is 0 Å². The maximum Gasteiger partial charge on any atom is 0.218 e. The second-order valence-corrected chi connectivity index (χ2v) is 8.04. The van der Waals surface area contributed by atoms with Crippen LogP contribution in [0.4, 0.5) is 0 Å². The van der Waals surface area contributed by atoms with E-state index in [0.717, 1.165) is 26.1 Å². The van der Waals surface area contributed by atoms with Crippen molar-refractivity contribution in [2.75, 3.05) is 46.3 Å². The summed E-state index contributed by atoms with van der Waals surface area (Å²) in [4.78, 5) is 2.31. The van der Waals surface area contributed by atoms with Crippen LogP contribution in [0.1, 0.15) is 19.8 Å². The van der Waals surface area contributed by atoms with E-state index in [9.17, 15) is 8.42 Å². The summed E-state index contributed by atoms with van der Waals surface area (Å²) in [5.41, 5.74) is 0. The summed E-state index contributed by atoms with van der Waals surface area (Å²) in [7, 11) is -0.985. The molecule has 2 atom stereocenters. The normalized spacial score (nSPS) is 35.2. The Hall–Kier alpha value is -0.170. The van der Waals surface area contributed by atoms with Gasteiger partial charge in [-0.1, -0.05) is 0 Å². The van der Waals surface area contributed by atoms with Crippen molar-refractivity contribution >= 4 is 10.0 Å². The molecule has 2 aliphatic heterocycles. The minimum atomic E-state index is -3.10. The van der Waals surface area contributed by atoms with Gasteiger partial charge in [0.2, 0.25) is 10.0 Å². The Kier molecular flexibility index (Phi) is 4.64. The zero-order valence-electron chi connectivity index (χ0n) is 11.4. The predicted octanol–water partition coefficient (Wildman–Crippen LogP) is -0.0483. The van der Waals surface area contributed by atoms with Crippen LogP contribution in [-0.4, -0.2) is 69.2 Å². The van der Waals surface area contributed by atoms with Crippen LogP contribution in [0, 0.1) is 5.92 Å². The van der Waals surface area contributed by atoms with Crippen molar-refractivity contribution < 1.29 is 8.42 Å². The van der Waals surface area contributed by atoms with Crippen LogP contribution in [0.25, 0.3) is 0 Å². The Bertz CT molecular complexity index is 372. The van der Waals surface area contributed by atoms with Crippen molar-refractivity contribution in [3.05, 3.63) is 0 Å². The van der Waals surface area contributed by atoms with E-state index in [1.54, 1.807) is 11.2 Å². The van der Waals surface area contributed by atoms with E-state index >= 15 is 0 Å². The molecule has 2 rings (SSSR count). The SMILES string of the molecule is CC1CNCCN(CC2CCCN(C)C2)S1(=O)=O. The zero-order chi connectivity index (χ0) is 13.2. The van der Waals surface area contributed by atoms with Crippen molar-refractivity contribution in [3.63, 3.8) is 0 Å². The van der Waals surface area contributed by atoms with Gasteiger partial charge in [0, 0.05) is 32.7 Å². The minimum absolute atomic E-state index is 0.304. The Morgan fingerprint density at radius 1 is 1.33 bits per heavy atom. The van der Waals surface area contributed by atoms with Crippen molar-refractivity contribution in [1.82, 2.24) is 14.5 Å². The van der Waals surface area contributed by atoms with Gasteiger partial charge in [0.15, 0.2) is 0 Å². The van der Waals surface area contributed by atoms with E-state index in [0.29, 0.717) is 25.6 Å². The average molecular weight is 275 g/mol. The first-order valence-electron chi connectivity index (χ1n) is 6.88. The zero-order valence-corrected chi connectivity index (χ0v) is 12.2. The van der Waals surface area contributed by atoms with Crippen molar-refractivity contribution in [2.45, 2.75) is 25.0 Å². The van der Waals surface area contributed by atoms with Gasteiger partial charge in [0.1, 0.15) is 0 Å². The van der Waals surface area contributed by atoms with E-state index in [2.05, 4.69) is 17.3 Å². The number of hydrogen-bond acceptors (Lipinski definition) is 4. The molecule has 1 N–H and O–H groups in total. The quantitative estimate of drug-likeness (QED) is 0.768. The lowest BCUT2D eigenvalue weighted by Crippen LogP contribution is -2.44. The second kappa shape index (κ2) is 5.86. The minimum Gasteiger partial charge on any atom is -0.314 e. The largest absolute Gasteiger partial charge is 0.314 e. The predicted molar refractivity (Wildman–Crippen MR) is 73.0 cm³/mol. The van der Waals surface area contributed by atoms with Gasteiger partial charge in [0.05, 0.1) is 5.25 Å². The molecular formula is C12H25N3O2S. The summed E-state index contributed by atoms with van der Waals surface area (Å²) in [5.74, 6) is 0.490. The average Bonchev–Trinajstić information content (AvgIpc) is 2.42. The van der Waals surface area contributed by atoms with Crippen molar-refractivity contribution in [3.8, 4) is 0 Å². The van der Waals surface area contributed by atoms with Gasteiger partial charge >= 0.3 is 0 Å². The van der Waals surface area contributed by atoms with Crippen LogP contribution in [-0.2, 0) is 10.0 Å². The Morgan fingerprint density at radius 3 is 2.83 bits per heavy atom. The van der Waals surface area contributed by atoms with E-state index in [1.165, 1.54) is 6.42 Å². The molecule has 6 heteroatoms. The number of piperidine rings is 1. The molecule has 0 amide bonds. The van der Waals surface area contributed by atoms with E-state index in [4.69, 9.17) is 0 Å². The van der Waals surface area contributed by atoms with Gasteiger partial charge in [0.25, 0.3) is 0 Å². The summed E-state index contributed by atoms with van der Waals surface area (Å²) < 4.78 is 26.4. The van der Waals surface area contributed by atoms with Gasteiger partial charge in [-0.3, -0.25) is 0 Å². The molecule has 0 aromatic rings. The summed E-state index contributed by atoms with van der Waals surface area (Å²) in [6, 6.07) is 0. The molecule has 0 radical (unpaired) electrons. The summed E-state index contributed by atoms with van der Waals surface area (Å²) >= 11 is 0. The van der Waals surface area contributed by atoms with E-state index < -0.39 is 10.0 Å². The molecule has 0 aromatic heterocycles. The van der Waals surface area contributed by atoms with E-state index in [1.807, 2.05) is 0 Å². The molecule has 2 unspecified atom stereocenters. The van der Waals surface area contributed by atoms with Gasteiger partial charge in [-0.15, -0.1) is 0 Å². The molecule has 5 nitrogen and oxygen atoms in total. The van der Waals surface area contributed by atoms with Crippen LogP contribution in [0.3, 0.4) is 0 Å². The monoisotopic (exact) mass is 275 g/mol. The molecule has 0 spiro atoms. The number of hydrogen-bond donors (Lipinski definition) is 1. The molecule has 0 bridgehead atoms. The number of rotatable bonds is 2. The molecule has 2 fully saturated rings. The third-order valence-corrected chi connectivity index (χ3v) is 6.26. The molecular weight excluding hydrogens is 250 g/mol. The van der Waals surface area contributed by atoms with Crippen LogP contribution < -0.4 is 5.32 Å². The number of nitrogens with one attached hydrogen (secondary N) is 1. The van der Waals surface area contributed by atoms with Crippen LogP contribution in [0.5, 0.6) is 0 Å².